The van der Waals surface area contributed by atoms with Crippen LogP contribution in [-0.2, 0) is 13.2 Å². The fourth-order valence-electron chi connectivity index (χ4n) is 2.38. The molecular formula is C20H25Cl2NO2. The third-order valence-electron chi connectivity index (χ3n) is 3.56. The molecule has 0 bridgehead atoms. The fraction of sp³-hybridized carbons (Fsp3) is 0.400. The summed E-state index contributed by atoms with van der Waals surface area (Å²) >= 11 is 12.4. The Kier molecular flexibility index (Phi) is 7.89. The van der Waals surface area contributed by atoms with Crippen molar-refractivity contribution in [2.24, 2.45) is 5.92 Å². The van der Waals surface area contributed by atoms with Gasteiger partial charge >= 0.3 is 0 Å². The molecule has 0 radical (unpaired) electrons. The molecule has 0 saturated heterocycles. The minimum absolute atomic E-state index is 0.405. The van der Waals surface area contributed by atoms with E-state index in [1.165, 1.54) is 0 Å². The zero-order chi connectivity index (χ0) is 18.2. The highest BCUT2D eigenvalue weighted by atomic mass is 35.5. The lowest BCUT2D eigenvalue weighted by Crippen LogP contribution is -2.19. The van der Waals surface area contributed by atoms with Crippen LogP contribution in [0.2, 0.25) is 10.0 Å². The molecule has 2 aromatic rings. The maximum absolute atomic E-state index is 6.43. The second-order valence-electron chi connectivity index (χ2n) is 6.27. The molecule has 1 N–H and O–H groups in total. The summed E-state index contributed by atoms with van der Waals surface area (Å²) in [5.41, 5.74) is 2.00. The number of hydrogen-bond donors (Lipinski definition) is 1. The van der Waals surface area contributed by atoms with Gasteiger partial charge in [0, 0.05) is 22.7 Å². The van der Waals surface area contributed by atoms with E-state index in [-0.39, 0.29) is 0 Å². The van der Waals surface area contributed by atoms with Gasteiger partial charge in [0.15, 0.2) is 11.5 Å². The molecule has 0 aliphatic rings. The van der Waals surface area contributed by atoms with Crippen LogP contribution in [0, 0.1) is 5.92 Å². The number of ether oxygens (including phenoxy) is 2. The third-order valence-corrected chi connectivity index (χ3v) is 4.15. The molecule has 2 aromatic carbocycles. The SMILES string of the molecule is CCOc1cc(CNCC(C)C)c(Cl)cc1OCc1cccc(Cl)c1. The Bertz CT molecular complexity index is 689. The Morgan fingerprint density at radius 1 is 1.04 bits per heavy atom. The zero-order valence-electron chi connectivity index (χ0n) is 14.9. The van der Waals surface area contributed by atoms with E-state index in [4.69, 9.17) is 32.7 Å². The van der Waals surface area contributed by atoms with Gasteiger partial charge in [0.2, 0.25) is 0 Å². The zero-order valence-corrected chi connectivity index (χ0v) is 16.5. The molecule has 0 unspecified atom stereocenters. The van der Waals surface area contributed by atoms with E-state index in [0.717, 1.165) is 17.7 Å². The van der Waals surface area contributed by atoms with E-state index in [1.54, 1.807) is 0 Å². The average molecular weight is 382 g/mol. The molecule has 5 heteroatoms. The second-order valence-corrected chi connectivity index (χ2v) is 7.11. The van der Waals surface area contributed by atoms with Crippen molar-refractivity contribution in [3.8, 4) is 11.5 Å². The summed E-state index contributed by atoms with van der Waals surface area (Å²) in [6.45, 7) is 8.90. The smallest absolute Gasteiger partial charge is 0.163 e. The Balaban J connectivity index is 2.12. The Morgan fingerprint density at radius 3 is 2.48 bits per heavy atom. The molecule has 0 amide bonds. The van der Waals surface area contributed by atoms with Gasteiger partial charge in [-0.1, -0.05) is 49.2 Å². The first-order chi connectivity index (χ1) is 12.0. The van der Waals surface area contributed by atoms with Crippen LogP contribution in [0.15, 0.2) is 36.4 Å². The van der Waals surface area contributed by atoms with Crippen molar-refractivity contribution in [2.75, 3.05) is 13.2 Å². The van der Waals surface area contributed by atoms with Crippen LogP contribution < -0.4 is 14.8 Å². The molecule has 0 aliphatic heterocycles. The Hall–Kier alpha value is -1.42. The van der Waals surface area contributed by atoms with Gasteiger partial charge < -0.3 is 14.8 Å². The fourth-order valence-corrected chi connectivity index (χ4v) is 2.81. The van der Waals surface area contributed by atoms with Gasteiger partial charge in [-0.15, -0.1) is 0 Å². The molecule has 0 spiro atoms. The van der Waals surface area contributed by atoms with Gasteiger partial charge in [0.05, 0.1) is 6.61 Å². The van der Waals surface area contributed by atoms with Gasteiger partial charge in [0.1, 0.15) is 6.61 Å². The van der Waals surface area contributed by atoms with Crippen LogP contribution in [-0.4, -0.2) is 13.2 Å². The van der Waals surface area contributed by atoms with Crippen LogP contribution >= 0.6 is 23.2 Å². The number of hydrogen-bond acceptors (Lipinski definition) is 3. The minimum atomic E-state index is 0.405. The number of rotatable bonds is 9. The summed E-state index contributed by atoms with van der Waals surface area (Å²) in [6.07, 6.45) is 0. The first kappa shape index (κ1) is 19.9. The monoisotopic (exact) mass is 381 g/mol. The van der Waals surface area contributed by atoms with Crippen molar-refractivity contribution in [3.05, 3.63) is 57.6 Å². The highest BCUT2D eigenvalue weighted by Crippen LogP contribution is 2.34. The summed E-state index contributed by atoms with van der Waals surface area (Å²) in [6, 6.07) is 11.4. The maximum atomic E-state index is 6.43. The molecule has 0 heterocycles. The van der Waals surface area contributed by atoms with Crippen molar-refractivity contribution < 1.29 is 9.47 Å². The van der Waals surface area contributed by atoms with Crippen molar-refractivity contribution >= 4 is 23.2 Å². The number of benzene rings is 2. The standard InChI is InChI=1S/C20H25Cl2NO2/c1-4-24-19-9-16(12-23-11-14(2)3)18(22)10-20(19)25-13-15-6-5-7-17(21)8-15/h5-10,14,23H,4,11-13H2,1-3H3. The number of halogens is 2. The van der Waals surface area contributed by atoms with E-state index in [9.17, 15) is 0 Å². The van der Waals surface area contributed by atoms with E-state index in [1.807, 2.05) is 43.3 Å². The summed E-state index contributed by atoms with van der Waals surface area (Å²) in [4.78, 5) is 0. The molecule has 3 nitrogen and oxygen atoms in total. The maximum Gasteiger partial charge on any atom is 0.163 e. The predicted octanol–water partition coefficient (Wildman–Crippen LogP) is 5.72. The summed E-state index contributed by atoms with van der Waals surface area (Å²) in [5, 5.41) is 4.76. The van der Waals surface area contributed by atoms with Crippen LogP contribution in [0.5, 0.6) is 11.5 Å². The van der Waals surface area contributed by atoms with Crippen LogP contribution in [0.3, 0.4) is 0 Å². The molecule has 0 aromatic heterocycles. The highest BCUT2D eigenvalue weighted by Gasteiger charge is 2.12. The molecule has 0 aliphatic carbocycles. The van der Waals surface area contributed by atoms with Gasteiger partial charge in [-0.3, -0.25) is 0 Å². The molecule has 0 atom stereocenters. The first-order valence-corrected chi connectivity index (χ1v) is 9.28. The van der Waals surface area contributed by atoms with Crippen molar-refractivity contribution in [2.45, 2.75) is 33.9 Å². The molecular weight excluding hydrogens is 357 g/mol. The largest absolute Gasteiger partial charge is 0.490 e. The van der Waals surface area contributed by atoms with E-state index in [2.05, 4.69) is 19.2 Å². The minimum Gasteiger partial charge on any atom is -0.490 e. The van der Waals surface area contributed by atoms with Gasteiger partial charge in [-0.2, -0.15) is 0 Å². The lowest BCUT2D eigenvalue weighted by atomic mass is 10.1. The summed E-state index contributed by atoms with van der Waals surface area (Å²) in [7, 11) is 0. The second kappa shape index (κ2) is 9.91. The van der Waals surface area contributed by atoms with Crippen molar-refractivity contribution in [3.63, 3.8) is 0 Å². The Labute approximate surface area is 160 Å². The van der Waals surface area contributed by atoms with Crippen LogP contribution in [0.1, 0.15) is 31.9 Å². The summed E-state index contributed by atoms with van der Waals surface area (Å²) < 4.78 is 11.7. The van der Waals surface area contributed by atoms with E-state index < -0.39 is 0 Å². The molecule has 136 valence electrons. The van der Waals surface area contributed by atoms with Gasteiger partial charge in [0.25, 0.3) is 0 Å². The van der Waals surface area contributed by atoms with E-state index in [0.29, 0.717) is 47.2 Å². The van der Waals surface area contributed by atoms with Crippen LogP contribution in [0.4, 0.5) is 0 Å². The third kappa shape index (κ3) is 6.43. The lowest BCUT2D eigenvalue weighted by molar-refractivity contribution is 0.269. The first-order valence-electron chi connectivity index (χ1n) is 8.52. The Morgan fingerprint density at radius 2 is 1.80 bits per heavy atom. The molecule has 25 heavy (non-hydrogen) atoms. The van der Waals surface area contributed by atoms with Crippen molar-refractivity contribution in [1.82, 2.24) is 5.32 Å². The normalized spacial score (nSPS) is 11.0. The molecule has 2 rings (SSSR count). The highest BCUT2D eigenvalue weighted by molar-refractivity contribution is 6.31. The number of nitrogens with one attached hydrogen (secondary N) is 1. The molecule has 0 saturated carbocycles. The lowest BCUT2D eigenvalue weighted by Gasteiger charge is -2.16. The average Bonchev–Trinajstić information content (AvgIpc) is 2.56. The predicted molar refractivity (Wildman–Crippen MR) is 105 cm³/mol. The topological polar surface area (TPSA) is 30.5 Å². The summed E-state index contributed by atoms with van der Waals surface area (Å²) in [5.74, 6) is 1.93. The quantitative estimate of drug-likeness (QED) is 0.602. The van der Waals surface area contributed by atoms with E-state index >= 15 is 0 Å². The van der Waals surface area contributed by atoms with Crippen molar-refractivity contribution in [1.29, 1.82) is 0 Å². The van der Waals surface area contributed by atoms with Gasteiger partial charge in [-0.25, -0.2) is 0 Å². The van der Waals surface area contributed by atoms with Crippen LogP contribution in [0.25, 0.3) is 0 Å². The molecule has 0 fully saturated rings. The van der Waals surface area contributed by atoms with Gasteiger partial charge in [-0.05, 0) is 48.7 Å².